The van der Waals surface area contributed by atoms with E-state index in [9.17, 15) is 27.9 Å². The van der Waals surface area contributed by atoms with E-state index in [1.54, 1.807) is 0 Å². The van der Waals surface area contributed by atoms with Crippen LogP contribution in [0.15, 0.2) is 42.0 Å². The summed E-state index contributed by atoms with van der Waals surface area (Å²) in [5.41, 5.74) is -0.165. The highest BCUT2D eigenvalue weighted by Gasteiger charge is 2.48. The molecule has 10 heteroatoms. The first-order chi connectivity index (χ1) is 14.1. The Kier molecular flexibility index (Phi) is 6.93. The second-order valence-electron chi connectivity index (χ2n) is 5.94. The fourth-order valence-electron chi connectivity index (χ4n) is 2.43. The molecule has 7 nitrogen and oxygen atoms in total. The van der Waals surface area contributed by atoms with Gasteiger partial charge in [0.15, 0.2) is 6.29 Å². The van der Waals surface area contributed by atoms with Crippen LogP contribution in [0.5, 0.6) is 23.0 Å². The minimum absolute atomic E-state index is 0.0385. The molecular weight excluding hydrogens is 409 g/mol. The summed E-state index contributed by atoms with van der Waals surface area (Å²) >= 11 is 0. The highest BCUT2D eigenvalue weighted by atomic mass is 19.4. The van der Waals surface area contributed by atoms with Crippen molar-refractivity contribution < 1.29 is 47.6 Å². The van der Waals surface area contributed by atoms with Gasteiger partial charge in [0.05, 0.1) is 17.7 Å². The molecule has 160 valence electrons. The van der Waals surface area contributed by atoms with Gasteiger partial charge in [0, 0.05) is 17.7 Å². The molecule has 2 aromatic carbocycles. The number of benzene rings is 2. The van der Waals surface area contributed by atoms with Gasteiger partial charge in [-0.3, -0.25) is 4.79 Å². The molecule has 0 aliphatic carbocycles. The van der Waals surface area contributed by atoms with Gasteiger partial charge in [-0.2, -0.15) is 13.2 Å². The van der Waals surface area contributed by atoms with E-state index in [2.05, 4.69) is 4.74 Å². The summed E-state index contributed by atoms with van der Waals surface area (Å²) in [6, 6.07) is 7.50. The lowest BCUT2D eigenvalue weighted by Gasteiger charge is -2.27. The van der Waals surface area contributed by atoms with Gasteiger partial charge < -0.3 is 24.8 Å². The Morgan fingerprint density at radius 3 is 2.33 bits per heavy atom. The molecule has 1 heterocycles. The van der Waals surface area contributed by atoms with Crippen LogP contribution >= 0.6 is 0 Å². The van der Waals surface area contributed by atoms with Crippen molar-refractivity contribution in [2.75, 3.05) is 6.61 Å². The van der Waals surface area contributed by atoms with Gasteiger partial charge in [-0.25, -0.2) is 4.79 Å². The maximum absolute atomic E-state index is 13.0. The first-order valence-corrected chi connectivity index (χ1v) is 8.49. The van der Waals surface area contributed by atoms with Gasteiger partial charge in [0.1, 0.15) is 23.0 Å². The molecule has 30 heavy (non-hydrogen) atoms. The zero-order valence-corrected chi connectivity index (χ0v) is 15.5. The Hall–Kier alpha value is -3.69. The first kappa shape index (κ1) is 22.6. The molecule has 0 fully saturated rings. The van der Waals surface area contributed by atoms with Crippen molar-refractivity contribution in [2.45, 2.75) is 19.2 Å². The molecule has 1 aliphatic heterocycles. The van der Waals surface area contributed by atoms with Crippen molar-refractivity contribution in [3.8, 4) is 23.0 Å². The zero-order chi connectivity index (χ0) is 22.5. The SMILES string of the molecule is CCOC(=O)C1=Cc2ccc(O)cc2OC1C(F)(F)F.O=Cc1ccc(O)cc1O. The van der Waals surface area contributed by atoms with Crippen LogP contribution < -0.4 is 4.74 Å². The van der Waals surface area contributed by atoms with E-state index >= 15 is 0 Å². The number of aldehydes is 1. The molecule has 0 amide bonds. The Bertz CT molecular complexity index is 967. The van der Waals surface area contributed by atoms with Gasteiger partial charge in [-0.05, 0) is 37.3 Å². The predicted molar refractivity (Wildman–Crippen MR) is 98.3 cm³/mol. The number of ether oxygens (including phenoxy) is 2. The fraction of sp³-hybridized carbons (Fsp3) is 0.200. The van der Waals surface area contributed by atoms with Crippen molar-refractivity contribution in [3.63, 3.8) is 0 Å². The number of fused-ring (bicyclic) bond motifs is 1. The average molecular weight is 426 g/mol. The summed E-state index contributed by atoms with van der Waals surface area (Å²) in [7, 11) is 0. The van der Waals surface area contributed by atoms with Crippen LogP contribution in [0.25, 0.3) is 6.08 Å². The third-order valence-electron chi connectivity index (χ3n) is 3.78. The third-order valence-corrected chi connectivity index (χ3v) is 3.78. The number of hydrogen-bond acceptors (Lipinski definition) is 7. The molecule has 0 spiro atoms. The molecule has 0 bridgehead atoms. The molecule has 0 saturated heterocycles. The summed E-state index contributed by atoms with van der Waals surface area (Å²) < 4.78 is 48.3. The van der Waals surface area contributed by atoms with E-state index in [1.165, 1.54) is 31.2 Å². The Morgan fingerprint density at radius 1 is 1.13 bits per heavy atom. The van der Waals surface area contributed by atoms with E-state index in [0.29, 0.717) is 6.29 Å². The second kappa shape index (κ2) is 9.21. The summed E-state index contributed by atoms with van der Waals surface area (Å²) in [5.74, 6) is -1.69. The second-order valence-corrected chi connectivity index (χ2v) is 5.94. The van der Waals surface area contributed by atoms with Crippen molar-refractivity contribution >= 4 is 18.3 Å². The number of phenols is 3. The van der Waals surface area contributed by atoms with Crippen LogP contribution in [-0.2, 0) is 9.53 Å². The van der Waals surface area contributed by atoms with Crippen molar-refractivity contribution in [2.24, 2.45) is 0 Å². The molecule has 1 unspecified atom stereocenters. The Balaban J connectivity index is 0.000000269. The van der Waals surface area contributed by atoms with Crippen LogP contribution in [0.1, 0.15) is 22.8 Å². The number of rotatable bonds is 3. The number of halogens is 3. The van der Waals surface area contributed by atoms with Gasteiger partial charge >= 0.3 is 12.1 Å². The highest BCUT2D eigenvalue weighted by Crippen LogP contribution is 2.38. The monoisotopic (exact) mass is 426 g/mol. The van der Waals surface area contributed by atoms with Crippen LogP contribution in [0.2, 0.25) is 0 Å². The quantitative estimate of drug-likeness (QED) is 0.508. The third kappa shape index (κ3) is 5.43. The van der Waals surface area contributed by atoms with E-state index in [1.807, 2.05) is 0 Å². The molecule has 2 aromatic rings. The average Bonchev–Trinajstić information content (AvgIpc) is 2.67. The van der Waals surface area contributed by atoms with Crippen molar-refractivity contribution in [1.29, 1.82) is 0 Å². The smallest absolute Gasteiger partial charge is 0.430 e. The molecule has 0 radical (unpaired) electrons. The molecular formula is C20H17F3O7. The number of carbonyl (C=O) groups is 2. The number of aromatic hydroxyl groups is 3. The van der Waals surface area contributed by atoms with Gasteiger partial charge in [0.25, 0.3) is 0 Å². The van der Waals surface area contributed by atoms with E-state index in [-0.39, 0.29) is 40.7 Å². The zero-order valence-electron chi connectivity index (χ0n) is 15.5. The first-order valence-electron chi connectivity index (χ1n) is 8.49. The van der Waals surface area contributed by atoms with Crippen LogP contribution in [0.3, 0.4) is 0 Å². The molecule has 1 aliphatic rings. The lowest BCUT2D eigenvalue weighted by atomic mass is 10.0. The number of hydrogen-bond donors (Lipinski definition) is 3. The lowest BCUT2D eigenvalue weighted by Crippen LogP contribution is -2.40. The number of esters is 1. The minimum Gasteiger partial charge on any atom is -0.508 e. The lowest BCUT2D eigenvalue weighted by molar-refractivity contribution is -0.187. The largest absolute Gasteiger partial charge is 0.508 e. The van der Waals surface area contributed by atoms with Gasteiger partial charge in [-0.1, -0.05) is 0 Å². The van der Waals surface area contributed by atoms with Crippen molar-refractivity contribution in [1.82, 2.24) is 0 Å². The number of alkyl halides is 3. The van der Waals surface area contributed by atoms with Gasteiger partial charge in [-0.15, -0.1) is 0 Å². The Labute approximate surface area is 168 Å². The van der Waals surface area contributed by atoms with E-state index < -0.39 is 23.8 Å². The van der Waals surface area contributed by atoms with Gasteiger partial charge in [0.2, 0.25) is 6.10 Å². The van der Waals surface area contributed by atoms with Crippen LogP contribution in [0.4, 0.5) is 13.2 Å². The predicted octanol–water partition coefficient (Wildman–Crippen LogP) is 3.57. The fourth-order valence-corrected chi connectivity index (χ4v) is 2.43. The van der Waals surface area contributed by atoms with Crippen LogP contribution in [0, 0.1) is 0 Å². The number of phenolic OH excluding ortho intramolecular Hbond substituents is 3. The van der Waals surface area contributed by atoms with Crippen LogP contribution in [-0.4, -0.2) is 46.5 Å². The normalized spacial score (nSPS) is 14.9. The summed E-state index contributed by atoms with van der Waals surface area (Å²) in [4.78, 5) is 21.7. The maximum Gasteiger partial charge on any atom is 0.430 e. The topological polar surface area (TPSA) is 113 Å². The Morgan fingerprint density at radius 2 is 1.77 bits per heavy atom. The van der Waals surface area contributed by atoms with E-state index in [0.717, 1.165) is 18.2 Å². The molecule has 3 rings (SSSR count). The molecule has 0 aromatic heterocycles. The maximum atomic E-state index is 13.0. The number of carbonyl (C=O) groups excluding carboxylic acids is 2. The minimum atomic E-state index is -4.76. The summed E-state index contributed by atoms with van der Waals surface area (Å²) in [6.07, 6.45) is -5.58. The summed E-state index contributed by atoms with van der Waals surface area (Å²) in [5, 5.41) is 26.9. The highest BCUT2D eigenvalue weighted by molar-refractivity contribution is 5.96. The van der Waals surface area contributed by atoms with Crippen molar-refractivity contribution in [3.05, 3.63) is 53.1 Å². The standard InChI is InChI=1S/C13H11F3O4.C7H6O3/c1-2-19-12(18)9-5-7-3-4-8(17)6-10(7)20-11(9)13(14,15)16;8-4-5-1-2-6(9)3-7(5)10/h3-6,11,17H,2H2,1H3;1-4,9-10H. The molecule has 3 N–H and O–H groups in total. The molecule has 1 atom stereocenters. The van der Waals surface area contributed by atoms with E-state index in [4.69, 9.17) is 14.9 Å². The summed E-state index contributed by atoms with van der Waals surface area (Å²) in [6.45, 7) is 1.46. The molecule has 0 saturated carbocycles.